The molecular formula is C9H19NO2. The van der Waals surface area contributed by atoms with Crippen LogP contribution in [0, 0.1) is 0 Å². The number of likely N-dealkylation sites (N-methyl/N-ethyl adjacent to an activating group) is 1. The minimum Gasteiger partial charge on any atom is -0.379 e. The van der Waals surface area contributed by atoms with Crippen molar-refractivity contribution in [3.63, 3.8) is 0 Å². The standard InChI is InChI=1S/C9H19NO2/c1-3-8(10-2)6-12-9-4-5-11-7-9/h8-10H,3-7H2,1-2H3. The highest BCUT2D eigenvalue weighted by Gasteiger charge is 2.16. The Balaban J connectivity index is 2.06. The molecule has 0 radical (unpaired) electrons. The van der Waals surface area contributed by atoms with Crippen LogP contribution in [-0.2, 0) is 9.47 Å². The van der Waals surface area contributed by atoms with Crippen LogP contribution >= 0.6 is 0 Å². The highest BCUT2D eigenvalue weighted by Crippen LogP contribution is 2.08. The number of rotatable bonds is 5. The molecule has 0 aliphatic carbocycles. The summed E-state index contributed by atoms with van der Waals surface area (Å²) in [6.45, 7) is 4.61. The van der Waals surface area contributed by atoms with Gasteiger partial charge in [-0.05, 0) is 19.9 Å². The normalized spacial score (nSPS) is 26.0. The predicted molar refractivity (Wildman–Crippen MR) is 48.3 cm³/mol. The van der Waals surface area contributed by atoms with Crippen molar-refractivity contribution < 1.29 is 9.47 Å². The van der Waals surface area contributed by atoms with Crippen molar-refractivity contribution in [1.82, 2.24) is 5.32 Å². The third-order valence-corrected chi connectivity index (χ3v) is 2.32. The minimum absolute atomic E-state index is 0.340. The van der Waals surface area contributed by atoms with Crippen LogP contribution in [0.1, 0.15) is 19.8 Å². The SMILES string of the molecule is CCC(COC1CCOC1)NC. The van der Waals surface area contributed by atoms with Gasteiger partial charge in [0.2, 0.25) is 0 Å². The molecule has 0 aromatic carbocycles. The van der Waals surface area contributed by atoms with Crippen LogP contribution in [-0.4, -0.2) is 39.0 Å². The lowest BCUT2D eigenvalue weighted by molar-refractivity contribution is 0.0305. The van der Waals surface area contributed by atoms with E-state index in [9.17, 15) is 0 Å². The van der Waals surface area contributed by atoms with E-state index in [0.29, 0.717) is 12.1 Å². The Morgan fingerprint density at radius 1 is 1.67 bits per heavy atom. The van der Waals surface area contributed by atoms with Crippen molar-refractivity contribution in [3.8, 4) is 0 Å². The van der Waals surface area contributed by atoms with Crippen LogP contribution in [0.2, 0.25) is 0 Å². The average Bonchev–Trinajstić information content (AvgIpc) is 2.59. The van der Waals surface area contributed by atoms with Crippen LogP contribution in [0.3, 0.4) is 0 Å². The molecule has 1 N–H and O–H groups in total. The Morgan fingerprint density at radius 2 is 2.50 bits per heavy atom. The summed E-state index contributed by atoms with van der Waals surface area (Å²) in [6.07, 6.45) is 2.51. The summed E-state index contributed by atoms with van der Waals surface area (Å²) in [5.74, 6) is 0. The lowest BCUT2D eigenvalue weighted by atomic mass is 10.2. The zero-order valence-electron chi connectivity index (χ0n) is 8.01. The fourth-order valence-electron chi connectivity index (χ4n) is 1.30. The van der Waals surface area contributed by atoms with Crippen molar-refractivity contribution >= 4 is 0 Å². The first-order valence-electron chi connectivity index (χ1n) is 4.73. The lowest BCUT2D eigenvalue weighted by Gasteiger charge is -2.16. The highest BCUT2D eigenvalue weighted by molar-refractivity contribution is 4.66. The summed E-state index contributed by atoms with van der Waals surface area (Å²) >= 11 is 0. The van der Waals surface area contributed by atoms with Crippen molar-refractivity contribution in [3.05, 3.63) is 0 Å². The van der Waals surface area contributed by atoms with Crippen LogP contribution in [0.25, 0.3) is 0 Å². The molecule has 2 unspecified atom stereocenters. The maximum atomic E-state index is 5.66. The number of ether oxygens (including phenoxy) is 2. The van der Waals surface area contributed by atoms with Gasteiger partial charge in [-0.15, -0.1) is 0 Å². The van der Waals surface area contributed by atoms with Crippen molar-refractivity contribution in [2.24, 2.45) is 0 Å². The smallest absolute Gasteiger partial charge is 0.0831 e. The van der Waals surface area contributed by atoms with E-state index in [1.54, 1.807) is 0 Å². The zero-order chi connectivity index (χ0) is 8.81. The Hall–Kier alpha value is -0.120. The first kappa shape index (κ1) is 9.96. The Bertz CT molecular complexity index is 107. The second kappa shape index (κ2) is 5.51. The van der Waals surface area contributed by atoms with Crippen LogP contribution in [0.5, 0.6) is 0 Å². The summed E-state index contributed by atoms with van der Waals surface area (Å²) < 4.78 is 10.9. The maximum absolute atomic E-state index is 5.66. The van der Waals surface area contributed by atoms with Gasteiger partial charge in [-0.25, -0.2) is 0 Å². The van der Waals surface area contributed by atoms with E-state index in [0.717, 1.165) is 32.7 Å². The highest BCUT2D eigenvalue weighted by atomic mass is 16.5. The predicted octanol–water partition coefficient (Wildman–Crippen LogP) is 0.790. The van der Waals surface area contributed by atoms with Gasteiger partial charge in [0, 0.05) is 12.6 Å². The Morgan fingerprint density at radius 3 is 3.00 bits per heavy atom. The molecule has 12 heavy (non-hydrogen) atoms. The lowest BCUT2D eigenvalue weighted by Crippen LogP contribution is -2.31. The molecule has 1 aliphatic rings. The second-order valence-corrected chi connectivity index (χ2v) is 3.21. The maximum Gasteiger partial charge on any atom is 0.0831 e. The first-order chi connectivity index (χ1) is 5.86. The monoisotopic (exact) mass is 173 g/mol. The van der Waals surface area contributed by atoms with Gasteiger partial charge in [-0.3, -0.25) is 0 Å². The molecule has 3 nitrogen and oxygen atoms in total. The average molecular weight is 173 g/mol. The Labute approximate surface area is 74.4 Å². The second-order valence-electron chi connectivity index (χ2n) is 3.21. The molecule has 1 fully saturated rings. The molecule has 1 rings (SSSR count). The van der Waals surface area contributed by atoms with Crippen LogP contribution < -0.4 is 5.32 Å². The van der Waals surface area contributed by atoms with Gasteiger partial charge in [0.05, 0.1) is 19.3 Å². The van der Waals surface area contributed by atoms with E-state index in [1.165, 1.54) is 0 Å². The third-order valence-electron chi connectivity index (χ3n) is 2.32. The van der Waals surface area contributed by atoms with E-state index < -0.39 is 0 Å². The summed E-state index contributed by atoms with van der Waals surface area (Å²) in [6, 6.07) is 0.491. The fourth-order valence-corrected chi connectivity index (χ4v) is 1.30. The molecule has 0 bridgehead atoms. The molecule has 1 saturated heterocycles. The zero-order valence-corrected chi connectivity index (χ0v) is 8.01. The quantitative estimate of drug-likeness (QED) is 0.666. The molecule has 2 atom stereocenters. The minimum atomic E-state index is 0.340. The summed E-state index contributed by atoms with van der Waals surface area (Å²) in [4.78, 5) is 0. The first-order valence-corrected chi connectivity index (χ1v) is 4.73. The molecule has 3 heteroatoms. The Kier molecular flexibility index (Phi) is 4.58. The van der Waals surface area contributed by atoms with Crippen molar-refractivity contribution in [1.29, 1.82) is 0 Å². The van der Waals surface area contributed by atoms with Gasteiger partial charge in [-0.2, -0.15) is 0 Å². The van der Waals surface area contributed by atoms with Crippen LogP contribution in [0.15, 0.2) is 0 Å². The molecular weight excluding hydrogens is 154 g/mol. The molecule has 0 aromatic rings. The van der Waals surface area contributed by atoms with Gasteiger partial charge in [0.1, 0.15) is 0 Å². The van der Waals surface area contributed by atoms with E-state index in [-0.39, 0.29) is 0 Å². The summed E-state index contributed by atoms with van der Waals surface area (Å²) in [7, 11) is 1.97. The molecule has 0 saturated carbocycles. The van der Waals surface area contributed by atoms with Crippen LogP contribution in [0.4, 0.5) is 0 Å². The summed E-state index contributed by atoms with van der Waals surface area (Å²) in [5.41, 5.74) is 0. The number of hydrogen-bond donors (Lipinski definition) is 1. The van der Waals surface area contributed by atoms with Gasteiger partial charge in [0.25, 0.3) is 0 Å². The fraction of sp³-hybridized carbons (Fsp3) is 1.00. The topological polar surface area (TPSA) is 30.5 Å². The van der Waals surface area contributed by atoms with E-state index >= 15 is 0 Å². The third kappa shape index (κ3) is 3.09. The van der Waals surface area contributed by atoms with Gasteiger partial charge >= 0.3 is 0 Å². The van der Waals surface area contributed by atoms with Gasteiger partial charge < -0.3 is 14.8 Å². The van der Waals surface area contributed by atoms with Gasteiger partial charge in [0.15, 0.2) is 0 Å². The molecule has 1 aliphatic heterocycles. The van der Waals surface area contributed by atoms with E-state index in [4.69, 9.17) is 9.47 Å². The van der Waals surface area contributed by atoms with Crippen molar-refractivity contribution in [2.75, 3.05) is 26.9 Å². The number of hydrogen-bond acceptors (Lipinski definition) is 3. The number of nitrogens with one attached hydrogen (secondary N) is 1. The summed E-state index contributed by atoms with van der Waals surface area (Å²) in [5, 5.41) is 3.21. The van der Waals surface area contributed by atoms with E-state index in [1.807, 2.05) is 7.05 Å². The largest absolute Gasteiger partial charge is 0.379 e. The van der Waals surface area contributed by atoms with Crippen molar-refractivity contribution in [2.45, 2.75) is 31.9 Å². The molecule has 1 heterocycles. The molecule has 72 valence electrons. The van der Waals surface area contributed by atoms with Gasteiger partial charge in [-0.1, -0.05) is 6.92 Å². The molecule has 0 spiro atoms. The molecule has 0 aromatic heterocycles. The van der Waals surface area contributed by atoms with E-state index in [2.05, 4.69) is 12.2 Å². The molecule has 0 amide bonds.